The molecule has 3 aromatic carbocycles. The third kappa shape index (κ3) is 5.54. The number of amides is 1. The lowest BCUT2D eigenvalue weighted by atomic mass is 9.98. The van der Waals surface area contributed by atoms with Gasteiger partial charge in [-0.3, -0.25) is 9.69 Å². The first-order chi connectivity index (χ1) is 22.4. The third-order valence-corrected chi connectivity index (χ3v) is 10.7. The number of benzene rings is 3. The molecular formula is C38H42N6O2. The highest BCUT2D eigenvalue weighted by Crippen LogP contribution is 2.48. The Hall–Kier alpha value is -4.27. The van der Waals surface area contributed by atoms with Crippen molar-refractivity contribution in [1.82, 2.24) is 29.7 Å². The van der Waals surface area contributed by atoms with Crippen LogP contribution < -0.4 is 0 Å². The van der Waals surface area contributed by atoms with Crippen LogP contribution in [0.15, 0.2) is 73.1 Å². The van der Waals surface area contributed by atoms with E-state index in [1.807, 2.05) is 17.3 Å². The summed E-state index contributed by atoms with van der Waals surface area (Å²) in [5, 5.41) is 2.36. The van der Waals surface area contributed by atoms with Crippen molar-refractivity contribution in [2.75, 3.05) is 27.3 Å². The molecule has 1 unspecified atom stereocenters. The van der Waals surface area contributed by atoms with Crippen molar-refractivity contribution >= 4 is 16.7 Å². The molecule has 0 spiro atoms. The topological polar surface area (TPSA) is 90.1 Å². The maximum Gasteiger partial charge on any atom is 0.248 e. The van der Waals surface area contributed by atoms with Crippen molar-refractivity contribution in [3.63, 3.8) is 0 Å². The van der Waals surface area contributed by atoms with Gasteiger partial charge in [0.1, 0.15) is 18.3 Å². The molecule has 8 rings (SSSR count). The van der Waals surface area contributed by atoms with Crippen LogP contribution >= 0.6 is 0 Å². The van der Waals surface area contributed by atoms with E-state index in [0.717, 1.165) is 65.5 Å². The van der Waals surface area contributed by atoms with E-state index in [2.05, 4.69) is 94.5 Å². The standard InChI is InChI=1S/C38H42N6O2/c1-38(14-15-38)23-44(35(45)22-46-3)21-34-39-19-33(41-34)29-11-10-27-16-26(8-9-28(27)17-29)24-4-6-25(7-5-24)32-20-40-37(42-32)36-30-12-13-31(18-30)43(36)2/h4-11,16-17,19-20,30-31,36H,12-15,18,21-23H2,1-3H3,(H,39,41)(H,40,42)/t30-,31?,36-/m0/s1. The van der Waals surface area contributed by atoms with Gasteiger partial charge >= 0.3 is 0 Å². The van der Waals surface area contributed by atoms with Crippen LogP contribution in [0.5, 0.6) is 0 Å². The van der Waals surface area contributed by atoms with Crippen LogP contribution in [-0.4, -0.2) is 69.0 Å². The molecular weight excluding hydrogens is 572 g/mol. The number of piperidine rings is 1. The Balaban J connectivity index is 0.963. The quantitative estimate of drug-likeness (QED) is 0.173. The highest BCUT2D eigenvalue weighted by molar-refractivity contribution is 5.90. The summed E-state index contributed by atoms with van der Waals surface area (Å²) in [7, 11) is 3.82. The summed E-state index contributed by atoms with van der Waals surface area (Å²) in [6, 6.07) is 23.1. The van der Waals surface area contributed by atoms with Crippen LogP contribution in [0.2, 0.25) is 0 Å². The number of rotatable bonds is 10. The molecule has 1 amide bonds. The maximum atomic E-state index is 12.7. The van der Waals surface area contributed by atoms with Crippen LogP contribution in [-0.2, 0) is 16.1 Å². The first-order valence-electron chi connectivity index (χ1n) is 16.6. The van der Waals surface area contributed by atoms with Gasteiger partial charge in [-0.2, -0.15) is 0 Å². The van der Waals surface area contributed by atoms with Crippen molar-refractivity contribution in [1.29, 1.82) is 0 Å². The molecule has 2 saturated carbocycles. The second-order valence-corrected chi connectivity index (χ2v) is 14.1. The zero-order chi connectivity index (χ0) is 31.4. The molecule has 2 bridgehead atoms. The van der Waals surface area contributed by atoms with E-state index in [-0.39, 0.29) is 17.9 Å². The number of aromatic amines is 2. The molecule has 8 nitrogen and oxygen atoms in total. The van der Waals surface area contributed by atoms with Gasteiger partial charge in [0.05, 0.1) is 36.4 Å². The molecule has 3 aliphatic rings. The first-order valence-corrected chi connectivity index (χ1v) is 16.6. The average molecular weight is 615 g/mol. The zero-order valence-corrected chi connectivity index (χ0v) is 26.9. The minimum atomic E-state index is -0.000914. The van der Waals surface area contributed by atoms with Crippen molar-refractivity contribution in [3.05, 3.63) is 84.7 Å². The SMILES string of the molecule is COCC(=O)N(Cc1ncc(-c2ccc3cc(-c4ccc(-c5cnc([C@@H]6[C@H]7CCC(C7)N6C)[nH]5)cc4)ccc3c2)[nH]1)CC1(C)CC1. The van der Waals surface area contributed by atoms with Gasteiger partial charge in [0.2, 0.25) is 5.91 Å². The van der Waals surface area contributed by atoms with E-state index in [0.29, 0.717) is 12.6 Å². The maximum absolute atomic E-state index is 12.7. The smallest absolute Gasteiger partial charge is 0.248 e. The lowest BCUT2D eigenvalue weighted by Crippen LogP contribution is -2.37. The molecule has 46 heavy (non-hydrogen) atoms. The first kappa shape index (κ1) is 29.2. The van der Waals surface area contributed by atoms with Crippen molar-refractivity contribution in [2.24, 2.45) is 11.3 Å². The number of nitrogens with one attached hydrogen (secondary N) is 2. The Morgan fingerprint density at radius 1 is 0.913 bits per heavy atom. The molecule has 1 saturated heterocycles. The van der Waals surface area contributed by atoms with Gasteiger partial charge in [-0.1, -0.05) is 55.5 Å². The largest absolute Gasteiger partial charge is 0.375 e. The number of fused-ring (bicyclic) bond motifs is 3. The zero-order valence-electron chi connectivity index (χ0n) is 26.9. The Morgan fingerprint density at radius 2 is 1.59 bits per heavy atom. The number of hydrogen-bond acceptors (Lipinski definition) is 5. The molecule has 236 valence electrons. The van der Waals surface area contributed by atoms with E-state index >= 15 is 0 Å². The van der Waals surface area contributed by atoms with Gasteiger partial charge in [0, 0.05) is 25.3 Å². The summed E-state index contributed by atoms with van der Waals surface area (Å²) < 4.78 is 5.13. The molecule has 3 fully saturated rings. The number of imidazole rings is 2. The number of hydrogen-bond donors (Lipinski definition) is 2. The number of ether oxygens (including phenoxy) is 1. The fraction of sp³-hybridized carbons (Fsp3) is 0.395. The minimum Gasteiger partial charge on any atom is -0.375 e. The van der Waals surface area contributed by atoms with E-state index in [9.17, 15) is 4.79 Å². The van der Waals surface area contributed by atoms with Gasteiger partial charge in [-0.15, -0.1) is 0 Å². The minimum absolute atomic E-state index is 0.000914. The van der Waals surface area contributed by atoms with Crippen LogP contribution in [0.4, 0.5) is 0 Å². The lowest BCUT2D eigenvalue weighted by Gasteiger charge is -2.30. The monoisotopic (exact) mass is 614 g/mol. The second-order valence-electron chi connectivity index (χ2n) is 14.1. The van der Waals surface area contributed by atoms with Gasteiger partial charge in [-0.05, 0) is 90.1 Å². The molecule has 2 aromatic heterocycles. The Kier molecular flexibility index (Phi) is 7.30. The Bertz CT molecular complexity index is 1880. The van der Waals surface area contributed by atoms with Crippen molar-refractivity contribution in [2.45, 2.75) is 57.7 Å². The highest BCUT2D eigenvalue weighted by Gasteiger charge is 2.45. The summed E-state index contributed by atoms with van der Waals surface area (Å²) in [5.41, 5.74) is 6.85. The van der Waals surface area contributed by atoms with Crippen LogP contribution in [0.1, 0.15) is 56.7 Å². The second kappa shape index (κ2) is 11.5. The van der Waals surface area contributed by atoms with Crippen molar-refractivity contribution < 1.29 is 9.53 Å². The molecule has 8 heteroatoms. The van der Waals surface area contributed by atoms with Gasteiger partial charge in [0.25, 0.3) is 0 Å². The normalized spacial score (nSPS) is 21.7. The van der Waals surface area contributed by atoms with Gasteiger partial charge in [0.15, 0.2) is 0 Å². The molecule has 2 aliphatic carbocycles. The van der Waals surface area contributed by atoms with Crippen molar-refractivity contribution in [3.8, 4) is 33.6 Å². The molecule has 5 aromatic rings. The van der Waals surface area contributed by atoms with E-state index in [1.165, 1.54) is 41.2 Å². The molecule has 3 atom stereocenters. The van der Waals surface area contributed by atoms with Crippen LogP contribution in [0.3, 0.4) is 0 Å². The highest BCUT2D eigenvalue weighted by atomic mass is 16.5. The molecule has 0 radical (unpaired) electrons. The lowest BCUT2D eigenvalue weighted by molar-refractivity contribution is -0.136. The molecule has 2 N–H and O–H groups in total. The predicted molar refractivity (Wildman–Crippen MR) is 181 cm³/mol. The third-order valence-electron chi connectivity index (χ3n) is 10.7. The van der Waals surface area contributed by atoms with Gasteiger partial charge < -0.3 is 19.6 Å². The molecule has 1 aliphatic heterocycles. The Labute approximate surface area is 270 Å². The summed E-state index contributed by atoms with van der Waals surface area (Å²) in [4.78, 5) is 33.6. The number of likely N-dealkylation sites (tertiary alicyclic amines) is 1. The van der Waals surface area contributed by atoms with Gasteiger partial charge in [-0.25, -0.2) is 9.97 Å². The van der Waals surface area contributed by atoms with E-state index in [4.69, 9.17) is 9.72 Å². The number of H-pyrrole nitrogens is 2. The fourth-order valence-corrected chi connectivity index (χ4v) is 7.74. The number of carbonyl (C=O) groups is 1. The summed E-state index contributed by atoms with van der Waals surface area (Å²) in [6.45, 7) is 3.51. The Morgan fingerprint density at radius 3 is 2.30 bits per heavy atom. The summed E-state index contributed by atoms with van der Waals surface area (Å²) in [5.74, 6) is 2.62. The number of aromatic nitrogens is 4. The van der Waals surface area contributed by atoms with E-state index < -0.39 is 0 Å². The molecule has 3 heterocycles. The number of methoxy groups -OCH3 is 1. The fourth-order valence-electron chi connectivity index (χ4n) is 7.74. The number of nitrogens with zero attached hydrogens (tertiary/aromatic N) is 4. The number of carbonyl (C=O) groups excluding carboxylic acids is 1. The average Bonchev–Trinajstić information content (AvgIpc) is 3.59. The summed E-state index contributed by atoms with van der Waals surface area (Å²) >= 11 is 0. The van der Waals surface area contributed by atoms with Crippen LogP contribution in [0, 0.1) is 11.3 Å². The predicted octanol–water partition coefficient (Wildman–Crippen LogP) is 7.22. The van der Waals surface area contributed by atoms with Crippen LogP contribution in [0.25, 0.3) is 44.4 Å². The van der Waals surface area contributed by atoms with E-state index in [1.54, 1.807) is 7.11 Å². The summed E-state index contributed by atoms with van der Waals surface area (Å²) in [6.07, 6.45) is 10.1.